The minimum absolute atomic E-state index is 0.156. The number of hydrogen-bond acceptors (Lipinski definition) is 4. The Kier molecular flexibility index (Phi) is 6.65. The van der Waals surface area contributed by atoms with Crippen LogP contribution in [-0.2, 0) is 17.6 Å². The number of nitrogens with zero attached hydrogens (tertiary/aromatic N) is 3. The summed E-state index contributed by atoms with van der Waals surface area (Å²) in [6, 6.07) is 16.7. The van der Waals surface area contributed by atoms with Crippen LogP contribution in [0.25, 0.3) is 0 Å². The lowest BCUT2D eigenvalue weighted by Gasteiger charge is -2.48. The maximum atomic E-state index is 14.2. The van der Waals surface area contributed by atoms with Gasteiger partial charge in [0, 0.05) is 51.2 Å². The molecular formula is C27H34FN3O2. The van der Waals surface area contributed by atoms with Gasteiger partial charge in [0.15, 0.2) is 0 Å². The summed E-state index contributed by atoms with van der Waals surface area (Å²) in [6.45, 7) is 5.47. The highest BCUT2D eigenvalue weighted by Crippen LogP contribution is 2.33. The number of para-hydroxylation sites is 1. The van der Waals surface area contributed by atoms with Crippen LogP contribution < -0.4 is 4.90 Å². The molecule has 0 saturated carbocycles. The number of hydrogen-bond donors (Lipinski definition) is 1. The molecule has 2 aromatic carbocycles. The highest BCUT2D eigenvalue weighted by Gasteiger charge is 2.38. The van der Waals surface area contributed by atoms with Gasteiger partial charge in [-0.15, -0.1) is 0 Å². The number of piperazine rings is 1. The van der Waals surface area contributed by atoms with Gasteiger partial charge in [0.05, 0.1) is 5.69 Å². The number of halogens is 1. The normalized spacial score (nSPS) is 24.7. The molecule has 2 aromatic rings. The zero-order valence-corrected chi connectivity index (χ0v) is 19.2. The van der Waals surface area contributed by atoms with Crippen molar-refractivity contribution in [1.82, 2.24) is 9.80 Å². The number of likely N-dealkylation sites (tertiary alicyclic amines) is 1. The van der Waals surface area contributed by atoms with Crippen LogP contribution in [0.2, 0.25) is 0 Å². The van der Waals surface area contributed by atoms with Crippen molar-refractivity contribution >= 4 is 11.7 Å². The van der Waals surface area contributed by atoms with Crippen molar-refractivity contribution in [3.63, 3.8) is 0 Å². The minimum Gasteiger partial charge on any atom is -0.481 e. The molecule has 0 radical (unpaired) electrons. The number of benzene rings is 2. The molecule has 176 valence electrons. The first-order valence-electron chi connectivity index (χ1n) is 12.3. The molecule has 2 saturated heterocycles. The Balaban J connectivity index is 1.23. The summed E-state index contributed by atoms with van der Waals surface area (Å²) in [6.07, 6.45) is 4.25. The Morgan fingerprint density at radius 2 is 1.58 bits per heavy atom. The SMILES string of the molecule is O=C(O)CC[C@@H]1CN(C2Cc3ccccc3C2)CC[C@@H]1N1CCN(c2ccccc2F)CC1. The van der Waals surface area contributed by atoms with Crippen molar-refractivity contribution in [3.8, 4) is 0 Å². The van der Waals surface area contributed by atoms with E-state index in [2.05, 4.69) is 39.0 Å². The van der Waals surface area contributed by atoms with Crippen LogP contribution in [0.4, 0.5) is 10.1 Å². The van der Waals surface area contributed by atoms with E-state index in [1.54, 1.807) is 6.07 Å². The molecule has 1 aliphatic carbocycles. The zero-order chi connectivity index (χ0) is 22.8. The fourth-order valence-corrected chi connectivity index (χ4v) is 6.25. The van der Waals surface area contributed by atoms with E-state index in [1.807, 2.05) is 12.1 Å². The lowest BCUT2D eigenvalue weighted by Crippen LogP contribution is -2.58. The second-order valence-electron chi connectivity index (χ2n) is 9.85. The van der Waals surface area contributed by atoms with Crippen molar-refractivity contribution in [2.75, 3.05) is 44.2 Å². The van der Waals surface area contributed by atoms with Gasteiger partial charge in [-0.3, -0.25) is 14.6 Å². The first-order chi connectivity index (χ1) is 16.1. The molecule has 0 unspecified atom stereocenters. The highest BCUT2D eigenvalue weighted by molar-refractivity contribution is 5.66. The van der Waals surface area contributed by atoms with Crippen LogP contribution in [0.1, 0.15) is 30.4 Å². The summed E-state index contributed by atoms with van der Waals surface area (Å²) in [5, 5.41) is 9.35. The standard InChI is InChI=1S/C27H34FN3O2/c28-24-7-3-4-8-26(24)30-15-13-29(14-16-30)25-11-12-31(19-22(25)9-10-27(32)33)23-17-20-5-1-2-6-21(20)18-23/h1-8,22-23,25H,9-19H2,(H,32,33)/t22-,25+/m1/s1. The van der Waals surface area contributed by atoms with E-state index in [9.17, 15) is 14.3 Å². The molecule has 0 bridgehead atoms. The van der Waals surface area contributed by atoms with Gasteiger partial charge in [0.25, 0.3) is 0 Å². The number of rotatable bonds is 6. The van der Waals surface area contributed by atoms with E-state index in [0.29, 0.717) is 23.7 Å². The summed E-state index contributed by atoms with van der Waals surface area (Å²) in [4.78, 5) is 18.7. The third-order valence-electron chi connectivity index (χ3n) is 7.98. The molecule has 2 heterocycles. The summed E-state index contributed by atoms with van der Waals surface area (Å²) >= 11 is 0. The van der Waals surface area contributed by atoms with E-state index in [-0.39, 0.29) is 12.2 Å². The lowest BCUT2D eigenvalue weighted by atomic mass is 9.85. The average Bonchev–Trinajstić information content (AvgIpc) is 3.27. The van der Waals surface area contributed by atoms with Crippen LogP contribution in [0.5, 0.6) is 0 Å². The molecule has 33 heavy (non-hydrogen) atoms. The summed E-state index contributed by atoms with van der Waals surface area (Å²) in [5.74, 6) is -0.502. The Labute approximate surface area is 195 Å². The number of anilines is 1. The molecule has 1 N–H and O–H groups in total. The molecule has 0 spiro atoms. The molecule has 6 heteroatoms. The third kappa shape index (κ3) is 4.92. The maximum absolute atomic E-state index is 14.2. The number of piperidine rings is 1. The number of carboxylic acids is 1. The number of carbonyl (C=O) groups is 1. The van der Waals surface area contributed by atoms with Crippen molar-refractivity contribution in [1.29, 1.82) is 0 Å². The van der Waals surface area contributed by atoms with Crippen LogP contribution in [0.15, 0.2) is 48.5 Å². The van der Waals surface area contributed by atoms with Gasteiger partial charge in [-0.25, -0.2) is 4.39 Å². The number of aliphatic carboxylic acids is 1. The quantitative estimate of drug-likeness (QED) is 0.726. The fourth-order valence-electron chi connectivity index (χ4n) is 6.25. The predicted molar refractivity (Wildman–Crippen MR) is 128 cm³/mol. The van der Waals surface area contributed by atoms with Gasteiger partial charge in [-0.2, -0.15) is 0 Å². The van der Waals surface area contributed by atoms with Crippen LogP contribution in [-0.4, -0.2) is 72.2 Å². The first kappa shape index (κ1) is 22.4. The molecule has 3 aliphatic rings. The Morgan fingerprint density at radius 1 is 0.909 bits per heavy atom. The molecule has 5 rings (SSSR count). The molecule has 2 atom stereocenters. The molecule has 2 fully saturated rings. The topological polar surface area (TPSA) is 47.0 Å². The van der Waals surface area contributed by atoms with Gasteiger partial charge in [0.1, 0.15) is 5.82 Å². The lowest BCUT2D eigenvalue weighted by molar-refractivity contribution is -0.137. The average molecular weight is 452 g/mol. The molecular weight excluding hydrogens is 417 g/mol. The van der Waals surface area contributed by atoms with Gasteiger partial charge >= 0.3 is 5.97 Å². The fraction of sp³-hybridized carbons (Fsp3) is 0.519. The number of carboxylic acid groups (broad SMARTS) is 1. The smallest absolute Gasteiger partial charge is 0.303 e. The van der Waals surface area contributed by atoms with E-state index in [1.165, 1.54) is 17.2 Å². The summed E-state index contributed by atoms with van der Waals surface area (Å²) in [5.41, 5.74) is 3.63. The molecule has 0 amide bonds. The van der Waals surface area contributed by atoms with Gasteiger partial charge in [-0.05, 0) is 61.4 Å². The second-order valence-corrected chi connectivity index (χ2v) is 9.85. The third-order valence-corrected chi connectivity index (χ3v) is 7.98. The van der Waals surface area contributed by atoms with E-state index < -0.39 is 5.97 Å². The van der Waals surface area contributed by atoms with E-state index >= 15 is 0 Å². The van der Waals surface area contributed by atoms with E-state index in [4.69, 9.17) is 0 Å². The Hall–Kier alpha value is -2.44. The Morgan fingerprint density at radius 3 is 2.24 bits per heavy atom. The number of fused-ring (bicyclic) bond motifs is 1. The maximum Gasteiger partial charge on any atom is 0.303 e. The van der Waals surface area contributed by atoms with Crippen molar-refractivity contribution < 1.29 is 14.3 Å². The Bertz CT molecular complexity index is 950. The van der Waals surface area contributed by atoms with Gasteiger partial charge < -0.3 is 10.0 Å². The van der Waals surface area contributed by atoms with Crippen LogP contribution in [0, 0.1) is 11.7 Å². The first-order valence-corrected chi connectivity index (χ1v) is 12.3. The summed E-state index contributed by atoms with van der Waals surface area (Å²) < 4.78 is 14.2. The largest absolute Gasteiger partial charge is 0.481 e. The van der Waals surface area contributed by atoms with Gasteiger partial charge in [0.2, 0.25) is 0 Å². The van der Waals surface area contributed by atoms with Crippen molar-refractivity contribution in [3.05, 3.63) is 65.5 Å². The second kappa shape index (κ2) is 9.82. The van der Waals surface area contributed by atoms with Crippen molar-refractivity contribution in [2.45, 2.75) is 44.2 Å². The molecule has 0 aromatic heterocycles. The predicted octanol–water partition coefficient (Wildman–Crippen LogP) is 3.67. The van der Waals surface area contributed by atoms with Crippen molar-refractivity contribution in [2.24, 2.45) is 5.92 Å². The monoisotopic (exact) mass is 451 g/mol. The van der Waals surface area contributed by atoms with E-state index in [0.717, 1.165) is 65.0 Å². The summed E-state index contributed by atoms with van der Waals surface area (Å²) in [7, 11) is 0. The zero-order valence-electron chi connectivity index (χ0n) is 19.2. The van der Waals surface area contributed by atoms with Crippen LogP contribution >= 0.6 is 0 Å². The minimum atomic E-state index is -0.705. The van der Waals surface area contributed by atoms with Gasteiger partial charge in [-0.1, -0.05) is 36.4 Å². The van der Waals surface area contributed by atoms with Crippen LogP contribution in [0.3, 0.4) is 0 Å². The molecule has 2 aliphatic heterocycles. The highest BCUT2D eigenvalue weighted by atomic mass is 19.1. The molecule has 5 nitrogen and oxygen atoms in total.